The van der Waals surface area contributed by atoms with Crippen molar-refractivity contribution in [1.29, 1.82) is 0 Å². The first-order chi connectivity index (χ1) is 8.24. The second-order valence-corrected chi connectivity index (χ2v) is 4.76. The Kier molecular flexibility index (Phi) is 4.14. The molecule has 0 saturated carbocycles. The van der Waals surface area contributed by atoms with E-state index < -0.39 is 0 Å². The normalized spacial score (nSPS) is 17.1. The quantitative estimate of drug-likeness (QED) is 0.737. The monoisotopic (exact) mass is 235 g/mol. The Morgan fingerprint density at radius 3 is 2.65 bits per heavy atom. The molecule has 0 atom stereocenters. The molecule has 5 nitrogen and oxygen atoms in total. The highest BCUT2D eigenvalue weighted by atomic mass is 15.1. The standard InChI is InChI=1S/C12H21N5/c1-9(2)16-11-7-12(15-8-14-11)17-10-3-5-13-6-4-10/h7-10,13H,3-6H2,1-2H3,(H2,14,15,16,17). The summed E-state index contributed by atoms with van der Waals surface area (Å²) in [6.07, 6.45) is 3.90. The van der Waals surface area contributed by atoms with Gasteiger partial charge >= 0.3 is 0 Å². The first kappa shape index (κ1) is 12.1. The fourth-order valence-corrected chi connectivity index (χ4v) is 1.99. The highest BCUT2D eigenvalue weighted by molar-refractivity contribution is 5.47. The van der Waals surface area contributed by atoms with E-state index in [9.17, 15) is 0 Å². The predicted octanol–water partition coefficient (Wildman–Crippen LogP) is 1.46. The molecule has 1 fully saturated rings. The summed E-state index contributed by atoms with van der Waals surface area (Å²) in [5.74, 6) is 1.79. The van der Waals surface area contributed by atoms with Crippen molar-refractivity contribution in [2.45, 2.75) is 38.8 Å². The summed E-state index contributed by atoms with van der Waals surface area (Å²) in [6.45, 7) is 6.36. The highest BCUT2D eigenvalue weighted by Gasteiger charge is 2.13. The maximum atomic E-state index is 4.26. The summed E-state index contributed by atoms with van der Waals surface area (Å²) in [7, 11) is 0. The molecule has 0 radical (unpaired) electrons. The Balaban J connectivity index is 1.95. The third-order valence-corrected chi connectivity index (χ3v) is 2.79. The molecule has 0 bridgehead atoms. The first-order valence-electron chi connectivity index (χ1n) is 6.30. The fraction of sp³-hybridized carbons (Fsp3) is 0.667. The molecule has 1 aliphatic heterocycles. The number of piperidine rings is 1. The van der Waals surface area contributed by atoms with Crippen LogP contribution in [0.4, 0.5) is 11.6 Å². The largest absolute Gasteiger partial charge is 0.368 e. The van der Waals surface area contributed by atoms with E-state index in [4.69, 9.17) is 0 Å². The second-order valence-electron chi connectivity index (χ2n) is 4.76. The van der Waals surface area contributed by atoms with Gasteiger partial charge in [-0.2, -0.15) is 0 Å². The van der Waals surface area contributed by atoms with Gasteiger partial charge in [-0.1, -0.05) is 0 Å². The summed E-state index contributed by atoms with van der Waals surface area (Å²) in [5.41, 5.74) is 0. The van der Waals surface area contributed by atoms with Gasteiger partial charge in [-0.05, 0) is 39.8 Å². The lowest BCUT2D eigenvalue weighted by Crippen LogP contribution is -2.35. The second kappa shape index (κ2) is 5.82. The van der Waals surface area contributed by atoms with Crippen molar-refractivity contribution in [3.8, 4) is 0 Å². The summed E-state index contributed by atoms with van der Waals surface area (Å²) in [5, 5.41) is 10.1. The molecule has 17 heavy (non-hydrogen) atoms. The van der Waals surface area contributed by atoms with E-state index in [0.717, 1.165) is 37.6 Å². The minimum absolute atomic E-state index is 0.386. The average Bonchev–Trinajstić information content (AvgIpc) is 2.30. The van der Waals surface area contributed by atoms with Gasteiger partial charge in [0.15, 0.2) is 0 Å². The van der Waals surface area contributed by atoms with Gasteiger partial charge in [0.1, 0.15) is 18.0 Å². The van der Waals surface area contributed by atoms with Gasteiger partial charge in [0.2, 0.25) is 0 Å². The topological polar surface area (TPSA) is 61.9 Å². The van der Waals surface area contributed by atoms with Gasteiger partial charge in [-0.3, -0.25) is 0 Å². The van der Waals surface area contributed by atoms with Crippen LogP contribution in [0.25, 0.3) is 0 Å². The molecule has 94 valence electrons. The van der Waals surface area contributed by atoms with Crippen LogP contribution >= 0.6 is 0 Å². The van der Waals surface area contributed by atoms with Crippen LogP contribution in [0, 0.1) is 0 Å². The number of rotatable bonds is 4. The molecule has 5 heteroatoms. The number of hydrogen-bond donors (Lipinski definition) is 3. The van der Waals surface area contributed by atoms with E-state index >= 15 is 0 Å². The van der Waals surface area contributed by atoms with Crippen molar-refractivity contribution in [2.24, 2.45) is 0 Å². The van der Waals surface area contributed by atoms with Crippen LogP contribution in [-0.4, -0.2) is 35.1 Å². The lowest BCUT2D eigenvalue weighted by Gasteiger charge is -2.24. The van der Waals surface area contributed by atoms with Crippen LogP contribution in [-0.2, 0) is 0 Å². The van der Waals surface area contributed by atoms with Crippen LogP contribution < -0.4 is 16.0 Å². The van der Waals surface area contributed by atoms with Crippen LogP contribution in [0.2, 0.25) is 0 Å². The minimum atomic E-state index is 0.386. The molecule has 1 aromatic heterocycles. The Bertz CT molecular complexity index is 347. The van der Waals surface area contributed by atoms with Gasteiger partial charge in [0.05, 0.1) is 0 Å². The molecule has 2 rings (SSSR count). The molecule has 0 aliphatic carbocycles. The van der Waals surface area contributed by atoms with Crippen molar-refractivity contribution in [2.75, 3.05) is 23.7 Å². The molecule has 1 saturated heterocycles. The SMILES string of the molecule is CC(C)Nc1cc(NC2CCNCC2)ncn1. The smallest absolute Gasteiger partial charge is 0.131 e. The van der Waals surface area contributed by atoms with E-state index in [0.29, 0.717) is 12.1 Å². The minimum Gasteiger partial charge on any atom is -0.368 e. The van der Waals surface area contributed by atoms with E-state index in [1.54, 1.807) is 6.33 Å². The van der Waals surface area contributed by atoms with Crippen LogP contribution in [0.5, 0.6) is 0 Å². The van der Waals surface area contributed by atoms with E-state index in [2.05, 4.69) is 39.8 Å². The van der Waals surface area contributed by atoms with Crippen molar-refractivity contribution in [3.63, 3.8) is 0 Å². The molecular formula is C12H21N5. The van der Waals surface area contributed by atoms with Crippen LogP contribution in [0.3, 0.4) is 0 Å². The lowest BCUT2D eigenvalue weighted by atomic mass is 10.1. The molecular weight excluding hydrogens is 214 g/mol. The molecule has 1 aliphatic rings. The van der Waals surface area contributed by atoms with Crippen LogP contribution in [0.15, 0.2) is 12.4 Å². The number of nitrogens with one attached hydrogen (secondary N) is 3. The molecule has 0 amide bonds. The number of nitrogens with zero attached hydrogens (tertiary/aromatic N) is 2. The summed E-state index contributed by atoms with van der Waals surface area (Å²) >= 11 is 0. The maximum Gasteiger partial charge on any atom is 0.131 e. The average molecular weight is 235 g/mol. The first-order valence-corrected chi connectivity index (χ1v) is 6.30. The van der Waals surface area contributed by atoms with Crippen molar-refractivity contribution < 1.29 is 0 Å². The highest BCUT2D eigenvalue weighted by Crippen LogP contribution is 2.14. The predicted molar refractivity (Wildman–Crippen MR) is 70.3 cm³/mol. The van der Waals surface area contributed by atoms with E-state index in [-0.39, 0.29) is 0 Å². The van der Waals surface area contributed by atoms with Gasteiger partial charge in [0, 0.05) is 18.2 Å². The maximum absolute atomic E-state index is 4.26. The zero-order chi connectivity index (χ0) is 12.1. The van der Waals surface area contributed by atoms with Crippen molar-refractivity contribution in [3.05, 3.63) is 12.4 Å². The van der Waals surface area contributed by atoms with Gasteiger partial charge < -0.3 is 16.0 Å². The van der Waals surface area contributed by atoms with Gasteiger partial charge in [-0.25, -0.2) is 9.97 Å². The molecule has 0 spiro atoms. The Morgan fingerprint density at radius 1 is 1.24 bits per heavy atom. The van der Waals surface area contributed by atoms with E-state index in [1.807, 2.05) is 6.07 Å². The zero-order valence-corrected chi connectivity index (χ0v) is 10.5. The summed E-state index contributed by atoms with van der Waals surface area (Å²) < 4.78 is 0. The fourth-order valence-electron chi connectivity index (χ4n) is 1.99. The molecule has 0 unspecified atom stereocenters. The van der Waals surface area contributed by atoms with Crippen molar-refractivity contribution in [1.82, 2.24) is 15.3 Å². The number of anilines is 2. The molecule has 0 aromatic carbocycles. The Labute approximate surface area is 102 Å². The molecule has 2 heterocycles. The Morgan fingerprint density at radius 2 is 1.94 bits per heavy atom. The number of hydrogen-bond acceptors (Lipinski definition) is 5. The van der Waals surface area contributed by atoms with Gasteiger partial charge in [0.25, 0.3) is 0 Å². The third kappa shape index (κ3) is 3.85. The number of aromatic nitrogens is 2. The lowest BCUT2D eigenvalue weighted by molar-refractivity contribution is 0.478. The third-order valence-electron chi connectivity index (χ3n) is 2.79. The van der Waals surface area contributed by atoms with Crippen molar-refractivity contribution >= 4 is 11.6 Å². The van der Waals surface area contributed by atoms with E-state index in [1.165, 1.54) is 0 Å². The van der Waals surface area contributed by atoms with Gasteiger partial charge in [-0.15, -0.1) is 0 Å². The molecule has 1 aromatic rings. The summed E-state index contributed by atoms with van der Waals surface area (Å²) in [4.78, 5) is 8.46. The molecule has 3 N–H and O–H groups in total. The Hall–Kier alpha value is -1.36. The van der Waals surface area contributed by atoms with Crippen LogP contribution in [0.1, 0.15) is 26.7 Å². The zero-order valence-electron chi connectivity index (χ0n) is 10.5. The summed E-state index contributed by atoms with van der Waals surface area (Å²) in [6, 6.07) is 2.89.